The smallest absolute Gasteiger partial charge is 0.339 e. The van der Waals surface area contributed by atoms with Gasteiger partial charge in [0.15, 0.2) is 0 Å². The number of ether oxygens (including phenoxy) is 1. The lowest BCUT2D eigenvalue weighted by Crippen LogP contribution is -2.05. The molecule has 0 saturated carbocycles. The summed E-state index contributed by atoms with van der Waals surface area (Å²) in [6.45, 7) is 2.59. The molecule has 0 saturated heterocycles. The van der Waals surface area contributed by atoms with E-state index in [2.05, 4.69) is 6.92 Å². The molecule has 0 atom stereocenters. The van der Waals surface area contributed by atoms with Crippen LogP contribution in [-0.4, -0.2) is 12.6 Å². The van der Waals surface area contributed by atoms with E-state index in [4.69, 9.17) is 4.74 Å². The Morgan fingerprint density at radius 1 is 1.38 bits per heavy atom. The van der Waals surface area contributed by atoms with Gasteiger partial charge in [-0.1, -0.05) is 31.5 Å². The molecule has 84 valence electrons. The molecule has 1 heterocycles. The summed E-state index contributed by atoms with van der Waals surface area (Å²) in [6.07, 6.45) is 1.96. The number of unbranched alkanes of at least 4 members (excludes halogenated alkanes) is 1. The van der Waals surface area contributed by atoms with Crippen LogP contribution in [0.1, 0.15) is 30.1 Å². The minimum atomic E-state index is -0.203. The van der Waals surface area contributed by atoms with Crippen molar-refractivity contribution in [3.05, 3.63) is 35.2 Å². The lowest BCUT2D eigenvalue weighted by Gasteiger charge is -2.02. The van der Waals surface area contributed by atoms with Crippen molar-refractivity contribution in [3.8, 4) is 0 Å². The van der Waals surface area contributed by atoms with Crippen LogP contribution >= 0.6 is 11.3 Å². The standard InChI is InChI=1S/C13H14O2S/c1-2-3-8-15-13(14)11-9-16-12-7-5-4-6-10(11)12/h4-7,9H,2-3,8H2,1H3. The molecule has 0 radical (unpaired) electrons. The zero-order valence-corrected chi connectivity index (χ0v) is 10.0. The van der Waals surface area contributed by atoms with Crippen molar-refractivity contribution in [2.45, 2.75) is 19.8 Å². The van der Waals surface area contributed by atoms with E-state index in [9.17, 15) is 4.79 Å². The second-order valence-corrected chi connectivity index (χ2v) is 4.55. The highest BCUT2D eigenvalue weighted by Crippen LogP contribution is 2.26. The second-order valence-electron chi connectivity index (χ2n) is 3.64. The fourth-order valence-corrected chi connectivity index (χ4v) is 2.45. The molecule has 2 rings (SSSR count). The summed E-state index contributed by atoms with van der Waals surface area (Å²) in [7, 11) is 0. The first-order valence-electron chi connectivity index (χ1n) is 5.46. The maximum Gasteiger partial charge on any atom is 0.339 e. The molecule has 1 aromatic carbocycles. The van der Waals surface area contributed by atoms with Gasteiger partial charge >= 0.3 is 5.97 Å². The number of carbonyl (C=O) groups is 1. The first-order chi connectivity index (χ1) is 7.83. The maximum absolute atomic E-state index is 11.8. The van der Waals surface area contributed by atoms with E-state index in [1.54, 1.807) is 11.3 Å². The fourth-order valence-electron chi connectivity index (χ4n) is 1.52. The Labute approximate surface area is 98.9 Å². The highest BCUT2D eigenvalue weighted by molar-refractivity contribution is 7.17. The van der Waals surface area contributed by atoms with Gasteiger partial charge in [0.2, 0.25) is 0 Å². The van der Waals surface area contributed by atoms with Crippen molar-refractivity contribution < 1.29 is 9.53 Å². The Morgan fingerprint density at radius 2 is 2.19 bits per heavy atom. The summed E-state index contributed by atoms with van der Waals surface area (Å²) in [5, 5.41) is 2.87. The maximum atomic E-state index is 11.8. The third kappa shape index (κ3) is 2.25. The average Bonchev–Trinajstić information content (AvgIpc) is 2.73. The van der Waals surface area contributed by atoms with Crippen molar-refractivity contribution >= 4 is 27.4 Å². The third-order valence-corrected chi connectivity index (χ3v) is 3.40. The molecule has 2 nitrogen and oxygen atoms in total. The molecule has 3 heteroatoms. The van der Waals surface area contributed by atoms with Crippen molar-refractivity contribution in [3.63, 3.8) is 0 Å². The molecule has 0 aliphatic heterocycles. The van der Waals surface area contributed by atoms with Crippen LogP contribution < -0.4 is 0 Å². The van der Waals surface area contributed by atoms with Gasteiger partial charge in [0.05, 0.1) is 12.2 Å². The predicted molar refractivity (Wildman–Crippen MR) is 67.0 cm³/mol. The number of esters is 1. The van der Waals surface area contributed by atoms with Gasteiger partial charge in [-0.3, -0.25) is 0 Å². The summed E-state index contributed by atoms with van der Waals surface area (Å²) >= 11 is 1.58. The van der Waals surface area contributed by atoms with Crippen LogP contribution in [0.5, 0.6) is 0 Å². The number of hydrogen-bond acceptors (Lipinski definition) is 3. The predicted octanol–water partition coefficient (Wildman–Crippen LogP) is 3.86. The molecular formula is C13H14O2S. The van der Waals surface area contributed by atoms with Crippen LogP contribution in [-0.2, 0) is 4.74 Å². The van der Waals surface area contributed by atoms with E-state index in [-0.39, 0.29) is 5.97 Å². The summed E-state index contributed by atoms with van der Waals surface area (Å²) in [6, 6.07) is 7.90. The van der Waals surface area contributed by atoms with Crippen LogP contribution in [0.15, 0.2) is 29.6 Å². The van der Waals surface area contributed by atoms with Gasteiger partial charge in [-0.05, 0) is 12.5 Å². The molecule has 0 bridgehead atoms. The summed E-state index contributed by atoms with van der Waals surface area (Å²) in [4.78, 5) is 11.8. The SMILES string of the molecule is CCCCOC(=O)c1csc2ccccc12. The van der Waals surface area contributed by atoms with Gasteiger partial charge in [0.1, 0.15) is 0 Å². The molecule has 0 spiro atoms. The van der Waals surface area contributed by atoms with E-state index < -0.39 is 0 Å². The Hall–Kier alpha value is -1.35. The monoisotopic (exact) mass is 234 g/mol. The highest BCUT2D eigenvalue weighted by atomic mass is 32.1. The molecule has 0 N–H and O–H groups in total. The molecule has 1 aromatic heterocycles. The summed E-state index contributed by atoms with van der Waals surface area (Å²) in [5.74, 6) is -0.203. The van der Waals surface area contributed by atoms with Crippen LogP contribution in [0.2, 0.25) is 0 Å². The van der Waals surface area contributed by atoms with Gasteiger partial charge in [-0.25, -0.2) is 4.79 Å². The Bertz CT molecular complexity index is 487. The van der Waals surface area contributed by atoms with E-state index in [1.165, 1.54) is 0 Å². The van der Waals surface area contributed by atoms with Crippen LogP contribution in [0.4, 0.5) is 0 Å². The number of carbonyl (C=O) groups excluding carboxylic acids is 1. The zero-order valence-electron chi connectivity index (χ0n) is 9.23. The number of fused-ring (bicyclic) bond motifs is 1. The minimum absolute atomic E-state index is 0.203. The minimum Gasteiger partial charge on any atom is -0.462 e. The molecule has 0 aliphatic carbocycles. The van der Waals surface area contributed by atoms with E-state index >= 15 is 0 Å². The van der Waals surface area contributed by atoms with Crippen molar-refractivity contribution in [1.82, 2.24) is 0 Å². The quantitative estimate of drug-likeness (QED) is 0.593. The number of benzene rings is 1. The number of rotatable bonds is 4. The van der Waals surface area contributed by atoms with Crippen molar-refractivity contribution in [1.29, 1.82) is 0 Å². The van der Waals surface area contributed by atoms with Gasteiger partial charge in [-0.2, -0.15) is 0 Å². The molecule has 0 amide bonds. The van der Waals surface area contributed by atoms with Gasteiger partial charge in [-0.15, -0.1) is 11.3 Å². The van der Waals surface area contributed by atoms with E-state index in [0.29, 0.717) is 12.2 Å². The topological polar surface area (TPSA) is 26.3 Å². The second kappa shape index (κ2) is 5.12. The van der Waals surface area contributed by atoms with Crippen molar-refractivity contribution in [2.75, 3.05) is 6.61 Å². The first-order valence-corrected chi connectivity index (χ1v) is 6.34. The Kier molecular flexibility index (Phi) is 3.57. The third-order valence-electron chi connectivity index (χ3n) is 2.43. The Morgan fingerprint density at radius 3 is 3.00 bits per heavy atom. The van der Waals surface area contributed by atoms with Crippen molar-refractivity contribution in [2.24, 2.45) is 0 Å². The molecule has 0 unspecified atom stereocenters. The van der Waals surface area contributed by atoms with Crippen LogP contribution in [0.25, 0.3) is 10.1 Å². The average molecular weight is 234 g/mol. The number of thiophene rings is 1. The van der Waals surface area contributed by atoms with Crippen LogP contribution in [0, 0.1) is 0 Å². The highest BCUT2D eigenvalue weighted by Gasteiger charge is 2.12. The van der Waals surface area contributed by atoms with E-state index in [0.717, 1.165) is 22.9 Å². The molecular weight excluding hydrogens is 220 g/mol. The zero-order chi connectivity index (χ0) is 11.4. The molecule has 16 heavy (non-hydrogen) atoms. The molecule has 0 aliphatic rings. The number of hydrogen-bond donors (Lipinski definition) is 0. The summed E-state index contributed by atoms with van der Waals surface area (Å²) in [5.41, 5.74) is 0.691. The summed E-state index contributed by atoms with van der Waals surface area (Å²) < 4.78 is 6.33. The lowest BCUT2D eigenvalue weighted by molar-refractivity contribution is 0.0502. The molecule has 0 fully saturated rings. The van der Waals surface area contributed by atoms with Crippen LogP contribution in [0.3, 0.4) is 0 Å². The Balaban J connectivity index is 2.17. The lowest BCUT2D eigenvalue weighted by atomic mass is 10.2. The van der Waals surface area contributed by atoms with Gasteiger partial charge in [0, 0.05) is 15.5 Å². The van der Waals surface area contributed by atoms with E-state index in [1.807, 2.05) is 29.6 Å². The largest absolute Gasteiger partial charge is 0.462 e. The van der Waals surface area contributed by atoms with Gasteiger partial charge in [0.25, 0.3) is 0 Å². The fraction of sp³-hybridized carbons (Fsp3) is 0.308. The first kappa shape index (κ1) is 11.1. The molecule has 2 aromatic rings. The normalized spacial score (nSPS) is 10.6. The van der Waals surface area contributed by atoms with Gasteiger partial charge < -0.3 is 4.74 Å².